The summed E-state index contributed by atoms with van der Waals surface area (Å²) >= 11 is 0. The fourth-order valence-corrected chi connectivity index (χ4v) is 1.96. The largest absolute Gasteiger partial charge is 0.411 e. The maximum atomic E-state index is 8.74. The van der Waals surface area contributed by atoms with Gasteiger partial charge in [-0.2, -0.15) is 0 Å². The Morgan fingerprint density at radius 1 is 1.25 bits per heavy atom. The van der Waals surface area contributed by atoms with Crippen molar-refractivity contribution in [3.05, 3.63) is 35.9 Å². The first-order chi connectivity index (χ1) is 7.92. The molecule has 0 saturated carbocycles. The second kappa shape index (κ2) is 5.63. The van der Waals surface area contributed by atoms with E-state index in [1.807, 2.05) is 30.3 Å². The van der Waals surface area contributed by atoms with E-state index >= 15 is 0 Å². The number of hydrogen-bond donors (Lipinski definition) is 1. The van der Waals surface area contributed by atoms with Gasteiger partial charge in [-0.1, -0.05) is 30.3 Å². The normalized spacial score (nSPS) is 20.0. The SMILES string of the molecule is O/N=C\[C@@H](c1ccccc1)N1CCOCC1. The highest BCUT2D eigenvalue weighted by molar-refractivity contribution is 5.66. The van der Waals surface area contributed by atoms with Crippen LogP contribution < -0.4 is 0 Å². The van der Waals surface area contributed by atoms with Gasteiger partial charge in [0.2, 0.25) is 0 Å². The average Bonchev–Trinajstić information content (AvgIpc) is 2.38. The smallest absolute Gasteiger partial charge is 0.0740 e. The summed E-state index contributed by atoms with van der Waals surface area (Å²) in [7, 11) is 0. The molecule has 1 aliphatic heterocycles. The van der Waals surface area contributed by atoms with Crippen LogP contribution in [-0.2, 0) is 4.74 Å². The first-order valence-corrected chi connectivity index (χ1v) is 5.46. The van der Waals surface area contributed by atoms with E-state index in [9.17, 15) is 0 Å². The van der Waals surface area contributed by atoms with E-state index < -0.39 is 0 Å². The van der Waals surface area contributed by atoms with Crippen LogP contribution in [0.1, 0.15) is 11.6 Å². The van der Waals surface area contributed by atoms with Gasteiger partial charge >= 0.3 is 0 Å². The molecule has 1 N–H and O–H groups in total. The van der Waals surface area contributed by atoms with Crippen LogP contribution in [0.4, 0.5) is 0 Å². The van der Waals surface area contributed by atoms with Gasteiger partial charge in [0.15, 0.2) is 0 Å². The fraction of sp³-hybridized carbons (Fsp3) is 0.417. The molecule has 1 aromatic rings. The van der Waals surface area contributed by atoms with E-state index in [1.54, 1.807) is 6.21 Å². The lowest BCUT2D eigenvalue weighted by Gasteiger charge is -2.32. The first kappa shape index (κ1) is 11.1. The molecule has 16 heavy (non-hydrogen) atoms. The molecule has 1 aromatic carbocycles. The van der Waals surface area contributed by atoms with Crippen molar-refractivity contribution >= 4 is 6.21 Å². The highest BCUT2D eigenvalue weighted by atomic mass is 16.5. The van der Waals surface area contributed by atoms with E-state index in [0.29, 0.717) is 0 Å². The van der Waals surface area contributed by atoms with E-state index in [0.717, 1.165) is 31.9 Å². The quantitative estimate of drug-likeness (QED) is 0.477. The Morgan fingerprint density at radius 2 is 1.94 bits per heavy atom. The third-order valence-electron chi connectivity index (χ3n) is 2.79. The molecule has 1 atom stereocenters. The zero-order valence-corrected chi connectivity index (χ0v) is 9.12. The average molecular weight is 220 g/mol. The number of morpholine rings is 1. The predicted octanol–water partition coefficient (Wildman–Crippen LogP) is 1.52. The minimum Gasteiger partial charge on any atom is -0.411 e. The molecule has 0 bridgehead atoms. The van der Waals surface area contributed by atoms with Crippen molar-refractivity contribution in [3.63, 3.8) is 0 Å². The molecule has 0 aliphatic carbocycles. The number of ether oxygens (including phenoxy) is 1. The Hall–Kier alpha value is -1.39. The molecule has 0 unspecified atom stereocenters. The van der Waals surface area contributed by atoms with Crippen molar-refractivity contribution < 1.29 is 9.94 Å². The van der Waals surface area contributed by atoms with Gasteiger partial charge in [-0.05, 0) is 5.56 Å². The van der Waals surface area contributed by atoms with Crippen molar-refractivity contribution in [2.24, 2.45) is 5.16 Å². The monoisotopic (exact) mass is 220 g/mol. The van der Waals surface area contributed by atoms with Crippen molar-refractivity contribution in [3.8, 4) is 0 Å². The molecule has 4 heteroatoms. The Morgan fingerprint density at radius 3 is 2.56 bits per heavy atom. The Labute approximate surface area is 95.1 Å². The molecule has 0 amide bonds. The number of hydrogen-bond acceptors (Lipinski definition) is 4. The Bertz CT molecular complexity index is 334. The van der Waals surface area contributed by atoms with Gasteiger partial charge < -0.3 is 9.94 Å². The zero-order chi connectivity index (χ0) is 11.2. The van der Waals surface area contributed by atoms with Crippen LogP contribution in [0, 0.1) is 0 Å². The summed E-state index contributed by atoms with van der Waals surface area (Å²) in [5, 5.41) is 11.9. The highest BCUT2D eigenvalue weighted by Gasteiger charge is 2.20. The number of benzene rings is 1. The topological polar surface area (TPSA) is 45.1 Å². The first-order valence-electron chi connectivity index (χ1n) is 5.46. The van der Waals surface area contributed by atoms with Gasteiger partial charge in [0.05, 0.1) is 25.5 Å². The maximum Gasteiger partial charge on any atom is 0.0740 e. The fourth-order valence-electron chi connectivity index (χ4n) is 1.96. The zero-order valence-electron chi connectivity index (χ0n) is 9.12. The van der Waals surface area contributed by atoms with Gasteiger partial charge in [0, 0.05) is 13.1 Å². The molecule has 0 radical (unpaired) electrons. The van der Waals surface area contributed by atoms with Gasteiger partial charge in [-0.3, -0.25) is 4.90 Å². The Kier molecular flexibility index (Phi) is 3.91. The summed E-state index contributed by atoms with van der Waals surface area (Å²) in [6, 6.07) is 10.1. The third kappa shape index (κ3) is 2.59. The molecule has 2 rings (SSSR count). The van der Waals surface area contributed by atoms with Crippen molar-refractivity contribution in [2.75, 3.05) is 26.3 Å². The molecule has 1 heterocycles. The molecule has 0 aromatic heterocycles. The van der Waals surface area contributed by atoms with E-state index in [1.165, 1.54) is 0 Å². The lowest BCUT2D eigenvalue weighted by Crippen LogP contribution is -2.39. The standard InChI is InChI=1S/C12H16N2O2/c15-13-10-12(11-4-2-1-3-5-11)14-6-8-16-9-7-14/h1-5,10,12,15H,6-9H2/b13-10-/t12-/m0/s1. The molecule has 1 aliphatic rings. The van der Waals surface area contributed by atoms with Crippen LogP contribution in [0.3, 0.4) is 0 Å². The van der Waals surface area contributed by atoms with Gasteiger partial charge in [-0.25, -0.2) is 0 Å². The van der Waals surface area contributed by atoms with E-state index in [2.05, 4.69) is 10.1 Å². The highest BCUT2D eigenvalue weighted by Crippen LogP contribution is 2.19. The summed E-state index contributed by atoms with van der Waals surface area (Å²) in [6.45, 7) is 3.21. The van der Waals surface area contributed by atoms with E-state index in [-0.39, 0.29) is 6.04 Å². The second-order valence-corrected chi connectivity index (χ2v) is 3.77. The summed E-state index contributed by atoms with van der Waals surface area (Å²) < 4.78 is 5.32. The van der Waals surface area contributed by atoms with Crippen molar-refractivity contribution in [1.29, 1.82) is 0 Å². The summed E-state index contributed by atoms with van der Waals surface area (Å²) in [6.07, 6.45) is 1.57. The second-order valence-electron chi connectivity index (χ2n) is 3.77. The molecule has 4 nitrogen and oxygen atoms in total. The number of nitrogens with zero attached hydrogens (tertiary/aromatic N) is 2. The summed E-state index contributed by atoms with van der Waals surface area (Å²) in [5.41, 5.74) is 1.14. The lowest BCUT2D eigenvalue weighted by atomic mass is 10.1. The lowest BCUT2D eigenvalue weighted by molar-refractivity contribution is 0.0290. The minimum atomic E-state index is 0.0371. The molecule has 1 fully saturated rings. The summed E-state index contributed by atoms with van der Waals surface area (Å²) in [5.74, 6) is 0. The minimum absolute atomic E-state index is 0.0371. The van der Waals surface area contributed by atoms with Crippen LogP contribution >= 0.6 is 0 Å². The number of rotatable bonds is 3. The number of oxime groups is 1. The molecule has 0 spiro atoms. The third-order valence-corrected chi connectivity index (χ3v) is 2.79. The van der Waals surface area contributed by atoms with Crippen LogP contribution in [0.2, 0.25) is 0 Å². The van der Waals surface area contributed by atoms with Crippen molar-refractivity contribution in [2.45, 2.75) is 6.04 Å². The van der Waals surface area contributed by atoms with Crippen molar-refractivity contribution in [1.82, 2.24) is 4.90 Å². The molecular weight excluding hydrogens is 204 g/mol. The molecular formula is C12H16N2O2. The van der Waals surface area contributed by atoms with Crippen LogP contribution in [-0.4, -0.2) is 42.6 Å². The summed E-state index contributed by atoms with van der Waals surface area (Å²) in [4.78, 5) is 2.25. The molecule has 1 saturated heterocycles. The van der Waals surface area contributed by atoms with Crippen LogP contribution in [0.5, 0.6) is 0 Å². The van der Waals surface area contributed by atoms with Gasteiger partial charge in [0.25, 0.3) is 0 Å². The van der Waals surface area contributed by atoms with Crippen LogP contribution in [0.25, 0.3) is 0 Å². The van der Waals surface area contributed by atoms with Crippen LogP contribution in [0.15, 0.2) is 35.5 Å². The van der Waals surface area contributed by atoms with Gasteiger partial charge in [0.1, 0.15) is 0 Å². The maximum absolute atomic E-state index is 8.74. The Balaban J connectivity index is 2.16. The molecule has 86 valence electrons. The van der Waals surface area contributed by atoms with Gasteiger partial charge in [-0.15, -0.1) is 5.16 Å². The van der Waals surface area contributed by atoms with E-state index in [4.69, 9.17) is 9.94 Å². The predicted molar refractivity (Wildman–Crippen MR) is 61.9 cm³/mol.